The number of nitrogens with two attached hydrogens (primary N) is 2. The van der Waals surface area contributed by atoms with E-state index >= 15 is 0 Å². The highest BCUT2D eigenvalue weighted by molar-refractivity contribution is 7.80. The standard InChI is InChI=1S/C17H18N4OS.C6H11N3/c1-10-15(23)8-14(21(10)2)17(22)20-9-11-5-6-13(18)16-12(11)4-3-7-19-16;7-2-1-6-5-8-3-4-9-6/h3-8,23H,9,18H2,1-2H3,(H,20,22);1-2,8H,3-5,7H2/b;2-1-. The highest BCUT2D eigenvalue weighted by Crippen LogP contribution is 2.23. The molecule has 0 spiro atoms. The molecule has 168 valence electrons. The number of carbonyl (C=O) groups is 1. The van der Waals surface area contributed by atoms with Crippen molar-refractivity contribution in [1.82, 2.24) is 20.2 Å². The molecule has 1 aromatic carbocycles. The van der Waals surface area contributed by atoms with Crippen LogP contribution in [0.25, 0.3) is 10.9 Å². The van der Waals surface area contributed by atoms with E-state index in [2.05, 4.69) is 33.2 Å². The molecule has 1 aliphatic rings. The van der Waals surface area contributed by atoms with Crippen molar-refractivity contribution < 1.29 is 4.79 Å². The molecule has 8 nitrogen and oxygen atoms in total. The lowest BCUT2D eigenvalue weighted by atomic mass is 10.1. The van der Waals surface area contributed by atoms with Crippen molar-refractivity contribution in [2.75, 3.05) is 25.4 Å². The normalized spacial score (nSPS) is 13.5. The fraction of sp³-hybridized carbons (Fsp3) is 0.261. The zero-order valence-corrected chi connectivity index (χ0v) is 19.2. The van der Waals surface area contributed by atoms with Gasteiger partial charge in [-0.3, -0.25) is 14.8 Å². The Labute approximate surface area is 193 Å². The highest BCUT2D eigenvalue weighted by atomic mass is 32.1. The number of pyridine rings is 1. The second kappa shape index (κ2) is 10.8. The molecule has 6 N–H and O–H groups in total. The number of hydrogen-bond donors (Lipinski definition) is 5. The first-order valence-electron chi connectivity index (χ1n) is 10.3. The molecule has 1 amide bonds. The monoisotopic (exact) mass is 451 g/mol. The third-order valence-corrected chi connectivity index (χ3v) is 5.72. The number of hydrogen-bond acceptors (Lipinski definition) is 7. The van der Waals surface area contributed by atoms with E-state index in [9.17, 15) is 4.79 Å². The Balaban J connectivity index is 0.000000269. The molecule has 0 saturated carbocycles. The molecule has 32 heavy (non-hydrogen) atoms. The predicted octanol–water partition coefficient (Wildman–Crippen LogP) is 2.19. The summed E-state index contributed by atoms with van der Waals surface area (Å²) >= 11 is 4.36. The van der Waals surface area contributed by atoms with Crippen LogP contribution in [0, 0.1) is 6.92 Å². The smallest absolute Gasteiger partial charge is 0.268 e. The van der Waals surface area contributed by atoms with Crippen molar-refractivity contribution in [2.45, 2.75) is 18.4 Å². The number of anilines is 1. The summed E-state index contributed by atoms with van der Waals surface area (Å²) in [5, 5.41) is 7.08. The summed E-state index contributed by atoms with van der Waals surface area (Å²) in [4.78, 5) is 21.7. The molecule has 3 aromatic rings. The summed E-state index contributed by atoms with van der Waals surface area (Å²) in [6.45, 7) is 5.06. The van der Waals surface area contributed by atoms with Gasteiger partial charge in [-0.15, -0.1) is 12.6 Å². The molecular weight excluding hydrogens is 422 g/mol. The molecule has 1 aliphatic heterocycles. The van der Waals surface area contributed by atoms with Crippen molar-refractivity contribution in [2.24, 2.45) is 17.8 Å². The second-order valence-corrected chi connectivity index (χ2v) is 7.85. The average Bonchev–Trinajstić information content (AvgIpc) is 3.07. The molecule has 0 saturated heterocycles. The van der Waals surface area contributed by atoms with Crippen molar-refractivity contribution in [3.8, 4) is 0 Å². The number of aliphatic imine (C=N–C) groups is 1. The number of carbonyl (C=O) groups excluding carboxylic acids is 1. The third-order valence-electron chi connectivity index (χ3n) is 5.27. The van der Waals surface area contributed by atoms with Crippen LogP contribution in [0.2, 0.25) is 0 Å². The Morgan fingerprint density at radius 2 is 2.19 bits per heavy atom. The van der Waals surface area contributed by atoms with Gasteiger partial charge in [0.2, 0.25) is 0 Å². The number of thiol groups is 1. The fourth-order valence-corrected chi connectivity index (χ4v) is 3.62. The van der Waals surface area contributed by atoms with E-state index in [4.69, 9.17) is 11.5 Å². The van der Waals surface area contributed by atoms with Gasteiger partial charge in [0, 0.05) is 48.9 Å². The maximum absolute atomic E-state index is 12.4. The first-order valence-corrected chi connectivity index (χ1v) is 10.7. The minimum Gasteiger partial charge on any atom is -0.405 e. The molecule has 9 heteroatoms. The van der Waals surface area contributed by atoms with Crippen molar-refractivity contribution in [1.29, 1.82) is 0 Å². The Morgan fingerprint density at radius 3 is 2.84 bits per heavy atom. The summed E-state index contributed by atoms with van der Waals surface area (Å²) in [6, 6.07) is 9.32. The fourth-order valence-electron chi connectivity index (χ4n) is 3.35. The first-order chi connectivity index (χ1) is 15.4. The van der Waals surface area contributed by atoms with E-state index < -0.39 is 0 Å². The van der Waals surface area contributed by atoms with Gasteiger partial charge in [-0.2, -0.15) is 0 Å². The molecule has 0 bridgehead atoms. The molecule has 4 rings (SSSR count). The van der Waals surface area contributed by atoms with Gasteiger partial charge in [0.15, 0.2) is 0 Å². The molecular formula is C23H29N7OS. The Morgan fingerprint density at radius 1 is 1.38 bits per heavy atom. The minimum absolute atomic E-state index is 0.134. The number of amides is 1. The largest absolute Gasteiger partial charge is 0.405 e. The molecule has 3 heterocycles. The predicted molar refractivity (Wildman–Crippen MR) is 133 cm³/mol. The van der Waals surface area contributed by atoms with Gasteiger partial charge in [0.1, 0.15) is 5.69 Å². The number of aromatic nitrogens is 2. The van der Waals surface area contributed by atoms with Crippen molar-refractivity contribution >= 4 is 40.8 Å². The number of rotatable bonds is 4. The lowest BCUT2D eigenvalue weighted by molar-refractivity contribution is 0.0942. The van der Waals surface area contributed by atoms with Crippen LogP contribution in [0.5, 0.6) is 0 Å². The zero-order chi connectivity index (χ0) is 23.1. The Bertz CT molecular complexity index is 1170. The highest BCUT2D eigenvalue weighted by Gasteiger charge is 2.14. The van der Waals surface area contributed by atoms with E-state index in [-0.39, 0.29) is 5.91 Å². The minimum atomic E-state index is -0.134. The molecule has 0 atom stereocenters. The van der Waals surface area contributed by atoms with Crippen molar-refractivity contribution in [3.63, 3.8) is 0 Å². The summed E-state index contributed by atoms with van der Waals surface area (Å²) in [5.74, 6) is -0.134. The summed E-state index contributed by atoms with van der Waals surface area (Å²) in [5.41, 5.74) is 16.1. The van der Waals surface area contributed by atoms with Crippen LogP contribution in [-0.4, -0.2) is 40.8 Å². The Hall–Kier alpha value is -3.30. The van der Waals surface area contributed by atoms with Crippen LogP contribution in [-0.2, 0) is 13.6 Å². The maximum Gasteiger partial charge on any atom is 0.268 e. The second-order valence-electron chi connectivity index (χ2n) is 7.36. The summed E-state index contributed by atoms with van der Waals surface area (Å²) < 4.78 is 1.83. The number of fused-ring (bicyclic) bond motifs is 1. The van der Waals surface area contributed by atoms with Crippen LogP contribution in [0.4, 0.5) is 5.69 Å². The van der Waals surface area contributed by atoms with Crippen LogP contribution >= 0.6 is 12.6 Å². The van der Waals surface area contributed by atoms with E-state index in [0.29, 0.717) is 17.9 Å². The van der Waals surface area contributed by atoms with Gasteiger partial charge in [0.05, 0.1) is 23.5 Å². The average molecular weight is 452 g/mol. The van der Waals surface area contributed by atoms with Gasteiger partial charge in [-0.25, -0.2) is 0 Å². The first kappa shape index (κ1) is 23.4. The van der Waals surface area contributed by atoms with Gasteiger partial charge in [0.25, 0.3) is 5.91 Å². The van der Waals surface area contributed by atoms with E-state index in [1.807, 2.05) is 48.9 Å². The van der Waals surface area contributed by atoms with Gasteiger partial charge in [-0.1, -0.05) is 12.1 Å². The van der Waals surface area contributed by atoms with E-state index in [1.54, 1.807) is 12.3 Å². The van der Waals surface area contributed by atoms with Crippen LogP contribution in [0.1, 0.15) is 21.7 Å². The summed E-state index contributed by atoms with van der Waals surface area (Å²) in [7, 11) is 1.85. The lowest BCUT2D eigenvalue weighted by Gasteiger charge is -2.10. The maximum atomic E-state index is 12.4. The summed E-state index contributed by atoms with van der Waals surface area (Å²) in [6.07, 6.45) is 5.06. The number of nitrogen functional groups attached to an aromatic ring is 1. The molecule has 2 aromatic heterocycles. The van der Waals surface area contributed by atoms with Crippen LogP contribution in [0.3, 0.4) is 0 Å². The van der Waals surface area contributed by atoms with Gasteiger partial charge >= 0.3 is 0 Å². The Kier molecular flexibility index (Phi) is 7.91. The van der Waals surface area contributed by atoms with E-state index in [1.165, 1.54) is 6.20 Å². The number of nitrogens with zero attached hydrogens (tertiary/aromatic N) is 3. The number of benzene rings is 1. The van der Waals surface area contributed by atoms with E-state index in [0.717, 1.165) is 52.4 Å². The quantitative estimate of drug-likeness (QED) is 0.307. The topological polar surface area (TPSA) is 123 Å². The lowest BCUT2D eigenvalue weighted by Crippen LogP contribution is -2.29. The SMILES string of the molecule is Cc1c(S)cc(C(=O)NCc2ccc(N)c3ncccc23)n1C.N/C=C\C1=NCCNC1. The molecule has 0 fully saturated rings. The number of nitrogens with one attached hydrogen (secondary N) is 2. The zero-order valence-electron chi connectivity index (χ0n) is 18.3. The van der Waals surface area contributed by atoms with Crippen molar-refractivity contribution in [3.05, 3.63) is 65.8 Å². The molecule has 0 radical (unpaired) electrons. The molecule has 0 aliphatic carbocycles. The van der Waals surface area contributed by atoms with Gasteiger partial charge in [-0.05, 0) is 43.0 Å². The van der Waals surface area contributed by atoms with Crippen LogP contribution in [0.15, 0.2) is 58.7 Å². The third kappa shape index (κ3) is 5.49. The van der Waals surface area contributed by atoms with Gasteiger partial charge < -0.3 is 26.7 Å². The van der Waals surface area contributed by atoms with Crippen LogP contribution < -0.4 is 22.1 Å². The molecule has 0 unspecified atom stereocenters.